The summed E-state index contributed by atoms with van der Waals surface area (Å²) < 4.78 is 2.05. The third-order valence-electron chi connectivity index (χ3n) is 2.69. The number of halogens is 2. The molecule has 5 heteroatoms. The molecular weight excluding hydrogens is 370 g/mol. The van der Waals surface area contributed by atoms with Crippen molar-refractivity contribution >= 4 is 43.2 Å². The highest BCUT2D eigenvalue weighted by molar-refractivity contribution is 9.10. The third-order valence-corrected chi connectivity index (χ3v) is 3.65. The molecule has 0 bridgehead atoms. The number of hydrogen-bond donors (Lipinski definition) is 1. The number of nitrogens with one attached hydrogen (secondary N) is 1. The van der Waals surface area contributed by atoms with E-state index in [0.717, 1.165) is 26.0 Å². The van der Waals surface area contributed by atoms with Gasteiger partial charge in [-0.1, -0.05) is 15.9 Å². The van der Waals surface area contributed by atoms with Crippen molar-refractivity contribution < 1.29 is 0 Å². The van der Waals surface area contributed by atoms with E-state index in [-0.39, 0.29) is 0 Å². The number of aromatic nitrogens is 1. The highest BCUT2D eigenvalue weighted by Gasteiger charge is 2.05. The van der Waals surface area contributed by atoms with Gasteiger partial charge in [0, 0.05) is 29.2 Å². The van der Waals surface area contributed by atoms with Crippen LogP contribution in [0.1, 0.15) is 5.69 Å². The van der Waals surface area contributed by atoms with Crippen molar-refractivity contribution in [2.24, 2.45) is 0 Å². The van der Waals surface area contributed by atoms with Gasteiger partial charge in [0.25, 0.3) is 0 Å². The maximum Gasteiger partial charge on any atom is 0.0597 e. The molecule has 0 unspecified atom stereocenters. The van der Waals surface area contributed by atoms with Crippen molar-refractivity contribution in [3.63, 3.8) is 0 Å². The number of hydrogen-bond acceptors (Lipinski definition) is 3. The smallest absolute Gasteiger partial charge is 0.0597 e. The van der Waals surface area contributed by atoms with Crippen molar-refractivity contribution in [2.75, 3.05) is 24.3 Å². The Morgan fingerprint density at radius 2 is 1.84 bits per heavy atom. The second kappa shape index (κ2) is 6.39. The minimum Gasteiger partial charge on any atom is -0.378 e. The average Bonchev–Trinajstić information content (AvgIpc) is 2.38. The predicted octanol–water partition coefficient (Wildman–Crippen LogP) is 4.28. The summed E-state index contributed by atoms with van der Waals surface area (Å²) in [6, 6.07) is 10.2. The second-order valence-corrected chi connectivity index (χ2v) is 6.21. The van der Waals surface area contributed by atoms with Crippen molar-refractivity contribution in [1.82, 2.24) is 4.98 Å². The van der Waals surface area contributed by atoms with Crippen LogP contribution in [-0.2, 0) is 6.54 Å². The van der Waals surface area contributed by atoms with E-state index in [1.165, 1.54) is 0 Å². The van der Waals surface area contributed by atoms with Crippen molar-refractivity contribution in [1.29, 1.82) is 0 Å². The fourth-order valence-electron chi connectivity index (χ4n) is 1.74. The van der Waals surface area contributed by atoms with Crippen LogP contribution in [0, 0.1) is 0 Å². The zero-order chi connectivity index (χ0) is 13.8. The molecule has 1 aromatic heterocycles. The molecule has 0 aliphatic heterocycles. The fourth-order valence-corrected chi connectivity index (χ4v) is 2.33. The largest absolute Gasteiger partial charge is 0.378 e. The summed E-state index contributed by atoms with van der Waals surface area (Å²) in [6.45, 7) is 0.699. The molecule has 0 radical (unpaired) electrons. The molecule has 0 aliphatic rings. The Morgan fingerprint density at radius 1 is 1.11 bits per heavy atom. The van der Waals surface area contributed by atoms with E-state index in [0.29, 0.717) is 6.54 Å². The zero-order valence-electron chi connectivity index (χ0n) is 10.8. The molecule has 2 aromatic rings. The molecule has 100 valence electrons. The number of benzene rings is 1. The van der Waals surface area contributed by atoms with Crippen LogP contribution in [0.5, 0.6) is 0 Å². The maximum atomic E-state index is 4.36. The Labute approximate surface area is 130 Å². The van der Waals surface area contributed by atoms with Crippen LogP contribution in [-0.4, -0.2) is 19.1 Å². The Hall–Kier alpha value is -1.07. The number of anilines is 2. The van der Waals surface area contributed by atoms with E-state index in [1.807, 2.05) is 38.5 Å². The van der Waals surface area contributed by atoms with E-state index in [4.69, 9.17) is 0 Å². The van der Waals surface area contributed by atoms with Crippen LogP contribution in [0.15, 0.2) is 45.5 Å². The zero-order valence-corrected chi connectivity index (χ0v) is 14.0. The molecule has 2 rings (SSSR count). The Morgan fingerprint density at radius 3 is 2.47 bits per heavy atom. The maximum absolute atomic E-state index is 4.36. The van der Waals surface area contributed by atoms with Gasteiger partial charge in [-0.25, -0.2) is 0 Å². The van der Waals surface area contributed by atoms with Gasteiger partial charge in [-0.15, -0.1) is 0 Å². The quantitative estimate of drug-likeness (QED) is 0.852. The molecular formula is C14H15Br2N3. The molecule has 1 N–H and O–H groups in total. The van der Waals surface area contributed by atoms with Crippen LogP contribution in [0.4, 0.5) is 11.4 Å². The topological polar surface area (TPSA) is 28.2 Å². The first-order valence-electron chi connectivity index (χ1n) is 5.87. The van der Waals surface area contributed by atoms with Gasteiger partial charge in [-0.3, -0.25) is 4.98 Å². The van der Waals surface area contributed by atoms with E-state index in [9.17, 15) is 0 Å². The molecule has 0 fully saturated rings. The Kier molecular flexibility index (Phi) is 4.82. The number of nitrogens with zero attached hydrogens (tertiary/aromatic N) is 2. The molecule has 0 atom stereocenters. The Bertz CT molecular complexity index is 553. The van der Waals surface area contributed by atoms with Gasteiger partial charge in [0.15, 0.2) is 0 Å². The van der Waals surface area contributed by atoms with Crippen molar-refractivity contribution in [3.05, 3.63) is 51.2 Å². The molecule has 3 nitrogen and oxygen atoms in total. The summed E-state index contributed by atoms with van der Waals surface area (Å²) in [4.78, 5) is 6.44. The Balaban J connectivity index is 2.14. The standard InChI is InChI=1S/C14H15Br2N3/c1-19(2)14-6-4-10(15)7-13(14)18-9-12-5-3-11(16)8-17-12/h3-8,18H,9H2,1-2H3. The van der Waals surface area contributed by atoms with Gasteiger partial charge in [0.05, 0.1) is 23.6 Å². The fraction of sp³-hybridized carbons (Fsp3) is 0.214. The highest BCUT2D eigenvalue weighted by atomic mass is 79.9. The molecule has 0 saturated heterocycles. The molecule has 1 heterocycles. The minimum absolute atomic E-state index is 0.699. The second-order valence-electron chi connectivity index (χ2n) is 4.38. The molecule has 0 spiro atoms. The van der Waals surface area contributed by atoms with Crippen molar-refractivity contribution in [2.45, 2.75) is 6.54 Å². The highest BCUT2D eigenvalue weighted by Crippen LogP contribution is 2.28. The van der Waals surface area contributed by atoms with E-state index < -0.39 is 0 Å². The van der Waals surface area contributed by atoms with Crippen LogP contribution in [0.25, 0.3) is 0 Å². The van der Waals surface area contributed by atoms with Gasteiger partial charge >= 0.3 is 0 Å². The summed E-state index contributed by atoms with van der Waals surface area (Å²) in [6.07, 6.45) is 1.81. The predicted molar refractivity (Wildman–Crippen MR) is 87.7 cm³/mol. The number of rotatable bonds is 4. The lowest BCUT2D eigenvalue weighted by molar-refractivity contribution is 1.03. The summed E-state index contributed by atoms with van der Waals surface area (Å²) in [5.74, 6) is 0. The van der Waals surface area contributed by atoms with Gasteiger partial charge < -0.3 is 10.2 Å². The first kappa shape index (κ1) is 14.3. The molecule has 0 aliphatic carbocycles. The summed E-state index contributed by atoms with van der Waals surface area (Å²) >= 11 is 6.89. The van der Waals surface area contributed by atoms with E-state index in [2.05, 4.69) is 59.2 Å². The molecule has 0 saturated carbocycles. The third kappa shape index (κ3) is 3.94. The minimum atomic E-state index is 0.699. The molecule has 1 aromatic carbocycles. The first-order valence-corrected chi connectivity index (χ1v) is 7.46. The van der Waals surface area contributed by atoms with Gasteiger partial charge in [-0.2, -0.15) is 0 Å². The SMILES string of the molecule is CN(C)c1ccc(Br)cc1NCc1ccc(Br)cn1. The summed E-state index contributed by atoms with van der Waals surface area (Å²) in [5, 5.41) is 3.42. The van der Waals surface area contributed by atoms with E-state index in [1.54, 1.807) is 0 Å². The molecule has 0 amide bonds. The lowest BCUT2D eigenvalue weighted by atomic mass is 10.2. The van der Waals surface area contributed by atoms with Crippen molar-refractivity contribution in [3.8, 4) is 0 Å². The normalized spacial score (nSPS) is 10.3. The lowest BCUT2D eigenvalue weighted by Crippen LogP contribution is -2.12. The van der Waals surface area contributed by atoms with Crippen LogP contribution in [0.2, 0.25) is 0 Å². The molecule has 19 heavy (non-hydrogen) atoms. The number of pyridine rings is 1. The lowest BCUT2D eigenvalue weighted by Gasteiger charge is -2.18. The summed E-state index contributed by atoms with van der Waals surface area (Å²) in [7, 11) is 4.07. The monoisotopic (exact) mass is 383 g/mol. The van der Waals surface area contributed by atoms with Crippen LogP contribution in [0.3, 0.4) is 0 Å². The van der Waals surface area contributed by atoms with Crippen LogP contribution < -0.4 is 10.2 Å². The van der Waals surface area contributed by atoms with Gasteiger partial charge in [-0.05, 0) is 46.3 Å². The first-order chi connectivity index (χ1) is 9.06. The van der Waals surface area contributed by atoms with Crippen LogP contribution >= 0.6 is 31.9 Å². The van der Waals surface area contributed by atoms with Gasteiger partial charge in [0.2, 0.25) is 0 Å². The average molecular weight is 385 g/mol. The van der Waals surface area contributed by atoms with E-state index >= 15 is 0 Å². The van der Waals surface area contributed by atoms with Gasteiger partial charge in [0.1, 0.15) is 0 Å². The summed E-state index contributed by atoms with van der Waals surface area (Å²) in [5.41, 5.74) is 3.25.